The van der Waals surface area contributed by atoms with Gasteiger partial charge in [-0.25, -0.2) is 9.97 Å². The molecular formula is C9H12ClN3O. The van der Waals surface area contributed by atoms with Gasteiger partial charge in [0, 0.05) is 5.41 Å². The van der Waals surface area contributed by atoms with Gasteiger partial charge in [-0.2, -0.15) is 0 Å². The zero-order valence-electron chi connectivity index (χ0n) is 8.34. The predicted molar refractivity (Wildman–Crippen MR) is 55.5 cm³/mol. The highest BCUT2D eigenvalue weighted by Gasteiger charge is 2.20. The van der Waals surface area contributed by atoms with Gasteiger partial charge in [-0.1, -0.05) is 32.4 Å². The largest absolute Gasteiger partial charge is 0.383 e. The van der Waals surface area contributed by atoms with E-state index in [1.807, 2.05) is 20.8 Å². The lowest BCUT2D eigenvalue weighted by atomic mass is 9.95. The Morgan fingerprint density at radius 3 is 2.29 bits per heavy atom. The maximum absolute atomic E-state index is 10.6. The molecule has 76 valence electrons. The maximum Gasteiger partial charge on any atom is 0.156 e. The van der Waals surface area contributed by atoms with Crippen LogP contribution in [0.2, 0.25) is 5.15 Å². The van der Waals surface area contributed by atoms with Gasteiger partial charge in [-0.3, -0.25) is 4.79 Å². The van der Waals surface area contributed by atoms with Crippen LogP contribution in [0, 0.1) is 0 Å². The second kappa shape index (κ2) is 3.53. The molecule has 4 nitrogen and oxygen atoms in total. The fourth-order valence-electron chi connectivity index (χ4n) is 0.903. The molecule has 0 aliphatic rings. The number of aldehydes is 1. The van der Waals surface area contributed by atoms with E-state index >= 15 is 0 Å². The summed E-state index contributed by atoms with van der Waals surface area (Å²) in [6, 6.07) is 0. The summed E-state index contributed by atoms with van der Waals surface area (Å²) in [5, 5.41) is 0.109. The van der Waals surface area contributed by atoms with Crippen molar-refractivity contribution in [3.05, 3.63) is 16.5 Å². The first-order chi connectivity index (χ1) is 6.36. The molecule has 1 aromatic heterocycles. The first kappa shape index (κ1) is 10.9. The van der Waals surface area contributed by atoms with Gasteiger partial charge in [0.1, 0.15) is 16.8 Å². The van der Waals surface area contributed by atoms with Crippen molar-refractivity contribution in [3.8, 4) is 0 Å². The van der Waals surface area contributed by atoms with Gasteiger partial charge >= 0.3 is 0 Å². The van der Waals surface area contributed by atoms with Crippen molar-refractivity contribution < 1.29 is 4.79 Å². The molecule has 0 amide bonds. The molecule has 0 aliphatic carbocycles. The van der Waals surface area contributed by atoms with Gasteiger partial charge in [0.2, 0.25) is 0 Å². The van der Waals surface area contributed by atoms with Crippen molar-refractivity contribution in [1.29, 1.82) is 0 Å². The van der Waals surface area contributed by atoms with Crippen LogP contribution in [-0.2, 0) is 5.41 Å². The molecule has 2 N–H and O–H groups in total. The Bertz CT molecular complexity index is 348. The van der Waals surface area contributed by atoms with Crippen molar-refractivity contribution in [2.75, 3.05) is 5.73 Å². The lowest BCUT2D eigenvalue weighted by Gasteiger charge is -2.17. The number of carbonyl (C=O) groups is 1. The molecular weight excluding hydrogens is 202 g/mol. The van der Waals surface area contributed by atoms with Gasteiger partial charge in [0.15, 0.2) is 6.29 Å². The Balaban J connectivity index is 3.35. The van der Waals surface area contributed by atoms with Gasteiger partial charge in [0.05, 0.1) is 5.56 Å². The summed E-state index contributed by atoms with van der Waals surface area (Å²) in [5.41, 5.74) is 5.48. The summed E-state index contributed by atoms with van der Waals surface area (Å²) in [6.45, 7) is 5.83. The number of carbonyl (C=O) groups excluding carboxylic acids is 1. The second-order valence-electron chi connectivity index (χ2n) is 4.00. The number of hydrogen-bond acceptors (Lipinski definition) is 4. The molecule has 0 spiro atoms. The normalized spacial score (nSPS) is 11.4. The Morgan fingerprint density at radius 2 is 1.93 bits per heavy atom. The third-order valence-electron chi connectivity index (χ3n) is 1.72. The van der Waals surface area contributed by atoms with Crippen molar-refractivity contribution in [2.24, 2.45) is 0 Å². The molecule has 0 bridgehead atoms. The SMILES string of the molecule is CC(C)(C)c1nc(N)c(C=O)c(Cl)n1. The topological polar surface area (TPSA) is 68.9 Å². The molecule has 0 unspecified atom stereocenters. The number of hydrogen-bond donors (Lipinski definition) is 1. The Labute approximate surface area is 87.5 Å². The van der Waals surface area contributed by atoms with Crippen LogP contribution in [0.15, 0.2) is 0 Å². The van der Waals surface area contributed by atoms with Crippen LogP contribution in [0.1, 0.15) is 37.0 Å². The van der Waals surface area contributed by atoms with Crippen LogP contribution in [0.5, 0.6) is 0 Å². The number of nitrogen functional groups attached to an aromatic ring is 1. The van der Waals surface area contributed by atoms with Crippen molar-refractivity contribution in [1.82, 2.24) is 9.97 Å². The summed E-state index contributed by atoms with van der Waals surface area (Å²) in [6.07, 6.45) is 0.560. The standard InChI is InChI=1S/C9H12ClN3O/c1-9(2,3)8-12-6(10)5(4-14)7(11)13-8/h4H,1-3H3,(H2,11,12,13). The van der Waals surface area contributed by atoms with E-state index in [0.717, 1.165) is 0 Å². The molecule has 1 aromatic rings. The van der Waals surface area contributed by atoms with E-state index in [2.05, 4.69) is 9.97 Å². The van der Waals surface area contributed by atoms with E-state index in [-0.39, 0.29) is 21.9 Å². The molecule has 0 radical (unpaired) electrons. The highest BCUT2D eigenvalue weighted by Crippen LogP contribution is 2.23. The summed E-state index contributed by atoms with van der Waals surface area (Å²) in [5.74, 6) is 0.663. The second-order valence-corrected chi connectivity index (χ2v) is 4.36. The first-order valence-corrected chi connectivity index (χ1v) is 4.52. The van der Waals surface area contributed by atoms with E-state index in [1.165, 1.54) is 0 Å². The number of halogens is 1. The van der Waals surface area contributed by atoms with Crippen molar-refractivity contribution in [3.63, 3.8) is 0 Å². The van der Waals surface area contributed by atoms with Gasteiger partial charge in [0.25, 0.3) is 0 Å². The fraction of sp³-hybridized carbons (Fsp3) is 0.444. The van der Waals surface area contributed by atoms with Gasteiger partial charge in [-0.05, 0) is 0 Å². The number of rotatable bonds is 1. The van der Waals surface area contributed by atoms with E-state index in [1.54, 1.807) is 0 Å². The minimum absolute atomic E-state index is 0.109. The maximum atomic E-state index is 10.6. The van der Waals surface area contributed by atoms with Crippen LogP contribution in [0.3, 0.4) is 0 Å². The highest BCUT2D eigenvalue weighted by molar-refractivity contribution is 6.32. The molecule has 0 saturated carbocycles. The molecule has 0 saturated heterocycles. The summed E-state index contributed by atoms with van der Waals surface area (Å²) in [7, 11) is 0. The molecule has 14 heavy (non-hydrogen) atoms. The summed E-state index contributed by atoms with van der Waals surface area (Å²) in [4.78, 5) is 18.6. The van der Waals surface area contributed by atoms with Gasteiger partial charge < -0.3 is 5.73 Å². The Hall–Kier alpha value is -1.16. The molecule has 0 fully saturated rings. The van der Waals surface area contributed by atoms with E-state index < -0.39 is 0 Å². The predicted octanol–water partition coefficient (Wildman–Crippen LogP) is 1.82. The smallest absolute Gasteiger partial charge is 0.156 e. The monoisotopic (exact) mass is 213 g/mol. The van der Waals surface area contributed by atoms with E-state index in [9.17, 15) is 4.79 Å². The third kappa shape index (κ3) is 2.01. The minimum atomic E-state index is -0.237. The average molecular weight is 214 g/mol. The zero-order valence-corrected chi connectivity index (χ0v) is 9.09. The first-order valence-electron chi connectivity index (χ1n) is 4.15. The van der Waals surface area contributed by atoms with E-state index in [0.29, 0.717) is 12.1 Å². The number of anilines is 1. The minimum Gasteiger partial charge on any atom is -0.383 e. The number of aromatic nitrogens is 2. The molecule has 5 heteroatoms. The highest BCUT2D eigenvalue weighted by atomic mass is 35.5. The Morgan fingerprint density at radius 1 is 1.36 bits per heavy atom. The van der Waals surface area contributed by atoms with Crippen LogP contribution in [-0.4, -0.2) is 16.3 Å². The van der Waals surface area contributed by atoms with Crippen LogP contribution in [0.4, 0.5) is 5.82 Å². The zero-order chi connectivity index (χ0) is 10.9. The lowest BCUT2D eigenvalue weighted by Crippen LogP contribution is -2.18. The average Bonchev–Trinajstić information content (AvgIpc) is 2.01. The lowest BCUT2D eigenvalue weighted by molar-refractivity contribution is 0.112. The van der Waals surface area contributed by atoms with Gasteiger partial charge in [-0.15, -0.1) is 0 Å². The molecule has 0 aliphatic heterocycles. The van der Waals surface area contributed by atoms with Crippen LogP contribution >= 0.6 is 11.6 Å². The fourth-order valence-corrected chi connectivity index (χ4v) is 1.12. The number of nitrogens with two attached hydrogens (primary N) is 1. The Kier molecular flexibility index (Phi) is 2.76. The van der Waals surface area contributed by atoms with Crippen molar-refractivity contribution in [2.45, 2.75) is 26.2 Å². The molecule has 1 heterocycles. The van der Waals surface area contributed by atoms with Crippen molar-refractivity contribution >= 4 is 23.7 Å². The van der Waals surface area contributed by atoms with E-state index in [4.69, 9.17) is 17.3 Å². The van der Waals surface area contributed by atoms with Crippen LogP contribution < -0.4 is 5.73 Å². The third-order valence-corrected chi connectivity index (χ3v) is 2.01. The summed E-state index contributed by atoms with van der Waals surface area (Å²) >= 11 is 5.78. The quantitative estimate of drug-likeness (QED) is 0.571. The molecule has 1 rings (SSSR count). The number of nitrogens with zero attached hydrogens (tertiary/aromatic N) is 2. The molecule has 0 atom stereocenters. The summed E-state index contributed by atoms with van der Waals surface area (Å²) < 4.78 is 0. The molecule has 0 aromatic carbocycles. The van der Waals surface area contributed by atoms with Crippen LogP contribution in [0.25, 0.3) is 0 Å².